The Labute approximate surface area is 110 Å². The Morgan fingerprint density at radius 2 is 1.67 bits per heavy atom. The van der Waals surface area contributed by atoms with Crippen LogP contribution in [-0.4, -0.2) is 6.61 Å². The maximum Gasteiger partial charge on any atom is 0.106 e. The highest BCUT2D eigenvalue weighted by molar-refractivity contribution is 5.25. The molecule has 1 nitrogen and oxygen atoms in total. The third kappa shape index (κ3) is 2.84. The third-order valence-electron chi connectivity index (χ3n) is 4.26. The molecule has 2 fully saturated rings. The van der Waals surface area contributed by atoms with E-state index in [9.17, 15) is 0 Å². The van der Waals surface area contributed by atoms with Crippen LogP contribution in [0.3, 0.4) is 0 Å². The molecule has 0 amide bonds. The number of aryl methyl sites for hydroxylation is 1. The van der Waals surface area contributed by atoms with E-state index in [2.05, 4.69) is 43.3 Å². The maximum absolute atomic E-state index is 5.17. The molecule has 18 heavy (non-hydrogen) atoms. The van der Waals surface area contributed by atoms with Crippen molar-refractivity contribution in [1.29, 1.82) is 0 Å². The molecule has 1 saturated heterocycles. The van der Waals surface area contributed by atoms with Crippen molar-refractivity contribution in [3.63, 3.8) is 0 Å². The van der Waals surface area contributed by atoms with Gasteiger partial charge >= 0.3 is 0 Å². The highest BCUT2D eigenvalue weighted by Crippen LogP contribution is 2.38. The summed E-state index contributed by atoms with van der Waals surface area (Å²) in [5.41, 5.74) is 2.72. The molecule has 0 aromatic heterocycles. The average Bonchev–Trinajstić information content (AvgIpc) is 3.05. The normalized spacial score (nSPS) is 31.1. The van der Waals surface area contributed by atoms with Crippen LogP contribution in [-0.2, 0) is 11.2 Å². The van der Waals surface area contributed by atoms with E-state index < -0.39 is 0 Å². The Balaban J connectivity index is 0.000000122. The van der Waals surface area contributed by atoms with Crippen LogP contribution < -0.4 is 0 Å². The molecule has 2 aliphatic carbocycles. The van der Waals surface area contributed by atoms with E-state index in [1.54, 1.807) is 0 Å². The zero-order valence-corrected chi connectivity index (χ0v) is 11.1. The van der Waals surface area contributed by atoms with Crippen molar-refractivity contribution < 1.29 is 4.74 Å². The first-order chi connectivity index (χ1) is 8.85. The molecular formula is C17H22O. The van der Waals surface area contributed by atoms with Gasteiger partial charge in [0, 0.05) is 0 Å². The molecule has 3 unspecified atom stereocenters. The fourth-order valence-electron chi connectivity index (χ4n) is 2.93. The summed E-state index contributed by atoms with van der Waals surface area (Å²) in [5, 5.41) is 0. The van der Waals surface area contributed by atoms with Crippen molar-refractivity contribution >= 4 is 0 Å². The summed E-state index contributed by atoms with van der Waals surface area (Å²) in [7, 11) is 0. The lowest BCUT2D eigenvalue weighted by Gasteiger charge is -1.97. The number of rotatable bonds is 2. The quantitative estimate of drug-likeness (QED) is 0.556. The summed E-state index contributed by atoms with van der Waals surface area (Å²) < 4.78 is 5.17. The molecular weight excluding hydrogens is 220 g/mol. The molecule has 1 aromatic carbocycles. The molecule has 1 saturated carbocycles. The lowest BCUT2D eigenvalue weighted by atomic mass is 10.1. The standard InChI is InChI=1S/C10H12O.C7H10/c1-2-8-3-5-9(6-4-8)10-7-11-10;1-2-7-4-3-6(1)5-7/h3-6,10H,2,7H2,1H3;1-2,6-7H,3-5H2. The van der Waals surface area contributed by atoms with Crippen molar-refractivity contribution in [3.05, 3.63) is 47.5 Å². The molecule has 0 radical (unpaired) electrons. The Bertz CT molecular complexity index is 402. The minimum Gasteiger partial charge on any atom is -0.368 e. The number of hydrogen-bond acceptors (Lipinski definition) is 1. The molecule has 3 aliphatic rings. The summed E-state index contributed by atoms with van der Waals surface area (Å²) in [6.07, 6.45) is 10.7. The van der Waals surface area contributed by atoms with Crippen LogP contribution in [0.1, 0.15) is 43.4 Å². The molecule has 1 aromatic rings. The second kappa shape index (κ2) is 5.27. The van der Waals surface area contributed by atoms with E-state index >= 15 is 0 Å². The highest BCUT2D eigenvalue weighted by Gasteiger charge is 2.25. The predicted molar refractivity (Wildman–Crippen MR) is 74.5 cm³/mol. The van der Waals surface area contributed by atoms with Gasteiger partial charge in [-0.1, -0.05) is 43.3 Å². The first-order valence-electron chi connectivity index (χ1n) is 7.24. The van der Waals surface area contributed by atoms with Crippen molar-refractivity contribution in [2.75, 3.05) is 6.61 Å². The van der Waals surface area contributed by atoms with E-state index in [1.807, 2.05) is 0 Å². The minimum absolute atomic E-state index is 0.404. The zero-order valence-electron chi connectivity index (χ0n) is 11.1. The summed E-state index contributed by atoms with van der Waals surface area (Å²) in [5.74, 6) is 1.98. The van der Waals surface area contributed by atoms with Crippen molar-refractivity contribution in [3.8, 4) is 0 Å². The number of ether oxygens (including phenoxy) is 1. The monoisotopic (exact) mass is 242 g/mol. The molecule has 3 atom stereocenters. The van der Waals surface area contributed by atoms with Crippen LogP contribution in [0.2, 0.25) is 0 Å². The van der Waals surface area contributed by atoms with Gasteiger partial charge < -0.3 is 4.74 Å². The molecule has 1 heterocycles. The van der Waals surface area contributed by atoms with Gasteiger partial charge in [0.25, 0.3) is 0 Å². The number of epoxide rings is 1. The molecule has 0 spiro atoms. The van der Waals surface area contributed by atoms with Gasteiger partial charge in [0.05, 0.1) is 6.61 Å². The van der Waals surface area contributed by atoms with Gasteiger partial charge in [-0.05, 0) is 48.6 Å². The zero-order chi connectivity index (χ0) is 12.4. The fourth-order valence-corrected chi connectivity index (χ4v) is 2.93. The van der Waals surface area contributed by atoms with Gasteiger partial charge in [0.1, 0.15) is 6.10 Å². The van der Waals surface area contributed by atoms with Crippen LogP contribution in [0, 0.1) is 11.8 Å². The van der Waals surface area contributed by atoms with Gasteiger partial charge in [0.2, 0.25) is 0 Å². The lowest BCUT2D eigenvalue weighted by molar-refractivity contribution is 0.415. The second-order valence-electron chi connectivity index (χ2n) is 5.64. The third-order valence-corrected chi connectivity index (χ3v) is 4.26. The number of fused-ring (bicyclic) bond motifs is 2. The average molecular weight is 242 g/mol. The molecule has 2 bridgehead atoms. The van der Waals surface area contributed by atoms with E-state index in [1.165, 1.54) is 30.4 Å². The number of allylic oxidation sites excluding steroid dienone is 2. The molecule has 4 rings (SSSR count). The van der Waals surface area contributed by atoms with E-state index in [0.29, 0.717) is 6.10 Å². The maximum atomic E-state index is 5.17. The van der Waals surface area contributed by atoms with Crippen LogP contribution in [0.5, 0.6) is 0 Å². The van der Waals surface area contributed by atoms with Crippen LogP contribution in [0.25, 0.3) is 0 Å². The van der Waals surface area contributed by atoms with Gasteiger partial charge in [-0.25, -0.2) is 0 Å². The molecule has 0 N–H and O–H groups in total. The largest absolute Gasteiger partial charge is 0.368 e. The minimum atomic E-state index is 0.404. The first kappa shape index (κ1) is 12.0. The fraction of sp³-hybridized carbons (Fsp3) is 0.529. The summed E-state index contributed by atoms with van der Waals surface area (Å²) in [4.78, 5) is 0. The van der Waals surface area contributed by atoms with Gasteiger partial charge in [-0.3, -0.25) is 0 Å². The summed E-state index contributed by atoms with van der Waals surface area (Å²) in [6.45, 7) is 3.08. The second-order valence-corrected chi connectivity index (χ2v) is 5.64. The lowest BCUT2D eigenvalue weighted by Crippen LogP contribution is -1.82. The Morgan fingerprint density at radius 3 is 2.00 bits per heavy atom. The predicted octanol–water partition coefficient (Wildman–Crippen LogP) is 4.29. The summed E-state index contributed by atoms with van der Waals surface area (Å²) in [6, 6.07) is 8.68. The van der Waals surface area contributed by atoms with Crippen molar-refractivity contribution in [2.45, 2.75) is 38.7 Å². The smallest absolute Gasteiger partial charge is 0.106 e. The van der Waals surface area contributed by atoms with Gasteiger partial charge in [-0.2, -0.15) is 0 Å². The molecule has 1 heteroatoms. The Hall–Kier alpha value is -1.08. The topological polar surface area (TPSA) is 12.5 Å². The van der Waals surface area contributed by atoms with Gasteiger partial charge in [0.15, 0.2) is 0 Å². The highest BCUT2D eigenvalue weighted by atomic mass is 16.6. The summed E-state index contributed by atoms with van der Waals surface area (Å²) >= 11 is 0. The van der Waals surface area contributed by atoms with Gasteiger partial charge in [-0.15, -0.1) is 0 Å². The van der Waals surface area contributed by atoms with Crippen LogP contribution in [0.15, 0.2) is 36.4 Å². The Kier molecular flexibility index (Phi) is 3.51. The van der Waals surface area contributed by atoms with E-state index in [4.69, 9.17) is 4.74 Å². The number of hydrogen-bond donors (Lipinski definition) is 0. The SMILES string of the molecule is C1=CC2CCC1C2.CCc1ccc(C2CO2)cc1. The van der Waals surface area contributed by atoms with Crippen LogP contribution in [0.4, 0.5) is 0 Å². The number of benzene rings is 1. The van der Waals surface area contributed by atoms with E-state index in [0.717, 1.165) is 24.9 Å². The molecule has 96 valence electrons. The molecule has 1 aliphatic heterocycles. The van der Waals surface area contributed by atoms with Crippen LogP contribution >= 0.6 is 0 Å². The first-order valence-corrected chi connectivity index (χ1v) is 7.24. The Morgan fingerprint density at radius 1 is 1.06 bits per heavy atom. The van der Waals surface area contributed by atoms with E-state index in [-0.39, 0.29) is 0 Å². The van der Waals surface area contributed by atoms with Crippen molar-refractivity contribution in [2.24, 2.45) is 11.8 Å². The van der Waals surface area contributed by atoms with Crippen molar-refractivity contribution in [1.82, 2.24) is 0 Å².